The first-order valence-electron chi connectivity index (χ1n) is 12.3. The molecule has 0 atom stereocenters. The van der Waals surface area contributed by atoms with E-state index < -0.39 is 5.66 Å². The standard InChI is InChI=1S/C26H32N8O/c27-24-29-25(28)34(26(30-24)15-5-2-6-16-26)22-11-13-23(14-12-22)35-19-21-18-33(32-31-21)17-7-10-20-8-3-1-4-9-20/h1,3-4,8-9,11-14,18H,2,5-7,10,15-17,19H2,(H4,27,28,29,30). The molecule has 2 aromatic carbocycles. The molecule has 1 saturated carbocycles. The van der Waals surface area contributed by atoms with Gasteiger partial charge in [0, 0.05) is 12.2 Å². The van der Waals surface area contributed by atoms with Gasteiger partial charge in [-0.3, -0.25) is 9.58 Å². The highest BCUT2D eigenvalue weighted by Gasteiger charge is 2.42. The van der Waals surface area contributed by atoms with Gasteiger partial charge in [0.05, 0.1) is 6.20 Å². The molecule has 0 saturated heterocycles. The van der Waals surface area contributed by atoms with Crippen LogP contribution < -0.4 is 21.1 Å². The van der Waals surface area contributed by atoms with E-state index >= 15 is 0 Å². The molecule has 0 bridgehead atoms. The second-order valence-corrected chi connectivity index (χ2v) is 9.16. The van der Waals surface area contributed by atoms with Crippen LogP contribution in [-0.2, 0) is 19.6 Å². The third kappa shape index (κ3) is 5.29. The van der Waals surface area contributed by atoms with Gasteiger partial charge in [0.2, 0.25) is 11.9 Å². The predicted octanol–water partition coefficient (Wildman–Crippen LogP) is 3.60. The van der Waals surface area contributed by atoms with Crippen LogP contribution in [0.15, 0.2) is 70.8 Å². The Morgan fingerprint density at radius 3 is 2.49 bits per heavy atom. The van der Waals surface area contributed by atoms with Crippen molar-refractivity contribution in [2.24, 2.45) is 21.5 Å². The molecule has 182 valence electrons. The van der Waals surface area contributed by atoms with Gasteiger partial charge in [0.15, 0.2) is 0 Å². The third-order valence-electron chi connectivity index (χ3n) is 6.61. The maximum absolute atomic E-state index is 6.32. The summed E-state index contributed by atoms with van der Waals surface area (Å²) < 4.78 is 7.83. The molecule has 2 aliphatic rings. The lowest BCUT2D eigenvalue weighted by atomic mass is 9.87. The van der Waals surface area contributed by atoms with Gasteiger partial charge in [0.1, 0.15) is 23.7 Å². The molecule has 0 unspecified atom stereocenters. The van der Waals surface area contributed by atoms with Crippen molar-refractivity contribution in [1.82, 2.24) is 15.0 Å². The van der Waals surface area contributed by atoms with Crippen LogP contribution in [0.1, 0.15) is 49.8 Å². The number of ether oxygens (including phenoxy) is 1. The summed E-state index contributed by atoms with van der Waals surface area (Å²) >= 11 is 0. The number of hydrogen-bond acceptors (Lipinski definition) is 8. The van der Waals surface area contributed by atoms with Crippen LogP contribution in [0.4, 0.5) is 5.69 Å². The normalized spacial score (nSPS) is 17.2. The summed E-state index contributed by atoms with van der Waals surface area (Å²) in [7, 11) is 0. The zero-order valence-electron chi connectivity index (χ0n) is 19.9. The second kappa shape index (κ2) is 10.2. The van der Waals surface area contributed by atoms with Crippen LogP contribution in [0.2, 0.25) is 0 Å². The average molecular weight is 473 g/mol. The van der Waals surface area contributed by atoms with E-state index in [0.29, 0.717) is 12.6 Å². The number of guanidine groups is 2. The topological polar surface area (TPSA) is 120 Å². The van der Waals surface area contributed by atoms with Gasteiger partial charge in [-0.2, -0.15) is 4.99 Å². The average Bonchev–Trinajstić information content (AvgIpc) is 3.32. The van der Waals surface area contributed by atoms with Gasteiger partial charge in [-0.25, -0.2) is 4.99 Å². The smallest absolute Gasteiger partial charge is 0.220 e. The quantitative estimate of drug-likeness (QED) is 0.517. The lowest BCUT2D eigenvalue weighted by Crippen LogP contribution is -2.58. The Hall–Kier alpha value is -3.88. The SMILES string of the molecule is NC1=NC2(CCCCC2)N(c2ccc(OCc3cn(CCCc4ccccc4)nn3)cc2)C(N)=N1. The first-order valence-corrected chi connectivity index (χ1v) is 12.3. The fourth-order valence-electron chi connectivity index (χ4n) is 4.95. The Kier molecular flexibility index (Phi) is 6.65. The van der Waals surface area contributed by atoms with Crippen LogP contribution >= 0.6 is 0 Å². The summed E-state index contributed by atoms with van der Waals surface area (Å²) in [6.45, 7) is 1.18. The van der Waals surface area contributed by atoms with Gasteiger partial charge in [0.25, 0.3) is 0 Å². The first kappa shape index (κ1) is 22.9. The Labute approximate surface area is 205 Å². The van der Waals surface area contributed by atoms with E-state index in [-0.39, 0.29) is 5.96 Å². The van der Waals surface area contributed by atoms with E-state index in [1.165, 1.54) is 12.0 Å². The van der Waals surface area contributed by atoms with Crippen molar-refractivity contribution in [3.63, 3.8) is 0 Å². The molecule has 9 nitrogen and oxygen atoms in total. The highest BCUT2D eigenvalue weighted by atomic mass is 16.5. The van der Waals surface area contributed by atoms with Crippen molar-refractivity contribution in [3.05, 3.63) is 72.1 Å². The molecule has 1 spiro atoms. The molecule has 0 amide bonds. The number of rotatable bonds is 8. The van der Waals surface area contributed by atoms with Gasteiger partial charge in [-0.15, -0.1) is 5.10 Å². The first-order chi connectivity index (χ1) is 17.1. The molecular formula is C26H32N8O. The Balaban J connectivity index is 1.17. The van der Waals surface area contributed by atoms with Crippen LogP contribution in [0, 0.1) is 0 Å². The van der Waals surface area contributed by atoms with Gasteiger partial charge in [-0.1, -0.05) is 42.0 Å². The fourth-order valence-corrected chi connectivity index (χ4v) is 4.95. The maximum atomic E-state index is 6.32. The molecule has 1 aromatic heterocycles. The van der Waals surface area contributed by atoms with Crippen molar-refractivity contribution in [1.29, 1.82) is 0 Å². The zero-order valence-corrected chi connectivity index (χ0v) is 19.9. The number of hydrogen-bond donors (Lipinski definition) is 2. The minimum atomic E-state index is -0.449. The van der Waals surface area contributed by atoms with Crippen molar-refractivity contribution in [2.45, 2.75) is 63.8 Å². The fraction of sp³-hybridized carbons (Fsp3) is 0.385. The van der Waals surface area contributed by atoms with Crippen LogP contribution in [-0.4, -0.2) is 32.6 Å². The van der Waals surface area contributed by atoms with E-state index in [1.807, 2.05) is 46.1 Å². The molecular weight excluding hydrogens is 440 g/mol. The molecule has 3 aromatic rings. The second-order valence-electron chi connectivity index (χ2n) is 9.16. The summed E-state index contributed by atoms with van der Waals surface area (Å²) in [5.74, 6) is 1.39. The molecule has 5 rings (SSSR count). The Bertz CT molecular complexity index is 1180. The largest absolute Gasteiger partial charge is 0.487 e. The van der Waals surface area contributed by atoms with Crippen LogP contribution in [0.3, 0.4) is 0 Å². The monoisotopic (exact) mass is 472 g/mol. The van der Waals surface area contributed by atoms with Gasteiger partial charge >= 0.3 is 0 Å². The van der Waals surface area contributed by atoms with Crippen molar-refractivity contribution in [3.8, 4) is 5.75 Å². The zero-order chi connectivity index (χ0) is 24.1. The number of aliphatic imine (C=N–C) groups is 2. The maximum Gasteiger partial charge on any atom is 0.220 e. The third-order valence-corrected chi connectivity index (χ3v) is 6.61. The van der Waals surface area contributed by atoms with Crippen LogP contribution in [0.25, 0.3) is 0 Å². The van der Waals surface area contributed by atoms with Crippen molar-refractivity contribution < 1.29 is 4.74 Å². The molecule has 1 aliphatic heterocycles. The summed E-state index contributed by atoms with van der Waals surface area (Å²) in [6, 6.07) is 18.3. The predicted molar refractivity (Wildman–Crippen MR) is 137 cm³/mol. The summed E-state index contributed by atoms with van der Waals surface area (Å²) in [6.07, 6.45) is 9.17. The lowest BCUT2D eigenvalue weighted by Gasteiger charge is -2.45. The molecule has 9 heteroatoms. The summed E-state index contributed by atoms with van der Waals surface area (Å²) in [5.41, 5.74) is 14.9. The minimum absolute atomic E-state index is 0.258. The van der Waals surface area contributed by atoms with Crippen molar-refractivity contribution >= 4 is 17.6 Å². The Morgan fingerprint density at radius 2 is 1.71 bits per heavy atom. The van der Waals surface area contributed by atoms with Gasteiger partial charge in [-0.05, 0) is 68.4 Å². The number of aromatic nitrogens is 3. The van der Waals surface area contributed by atoms with E-state index in [0.717, 1.165) is 62.2 Å². The molecule has 2 heterocycles. The van der Waals surface area contributed by atoms with E-state index in [9.17, 15) is 0 Å². The van der Waals surface area contributed by atoms with Gasteiger partial charge < -0.3 is 16.2 Å². The van der Waals surface area contributed by atoms with Crippen molar-refractivity contribution in [2.75, 3.05) is 4.90 Å². The highest BCUT2D eigenvalue weighted by Crippen LogP contribution is 2.39. The number of nitrogens with two attached hydrogens (primary N) is 2. The molecule has 1 aliphatic carbocycles. The summed E-state index contributed by atoms with van der Waals surface area (Å²) in [4.78, 5) is 11.0. The summed E-state index contributed by atoms with van der Waals surface area (Å²) in [5, 5.41) is 8.47. The Morgan fingerprint density at radius 1 is 0.943 bits per heavy atom. The molecule has 0 radical (unpaired) electrons. The lowest BCUT2D eigenvalue weighted by molar-refractivity contribution is 0.299. The molecule has 35 heavy (non-hydrogen) atoms. The highest BCUT2D eigenvalue weighted by molar-refractivity contribution is 6.05. The van der Waals surface area contributed by atoms with E-state index in [2.05, 4.69) is 39.6 Å². The number of aryl methyl sites for hydroxylation is 2. The van der Waals surface area contributed by atoms with E-state index in [4.69, 9.17) is 21.2 Å². The molecule has 1 fully saturated rings. The number of nitrogens with zero attached hydrogens (tertiary/aromatic N) is 6. The molecule has 4 N–H and O–H groups in total. The van der Waals surface area contributed by atoms with E-state index in [1.54, 1.807) is 0 Å². The van der Waals surface area contributed by atoms with Crippen LogP contribution in [0.5, 0.6) is 5.75 Å². The minimum Gasteiger partial charge on any atom is -0.487 e. The number of anilines is 1. The number of benzene rings is 2.